The number of para-hydroxylation sites is 1. The Labute approximate surface area is 138 Å². The van der Waals surface area contributed by atoms with E-state index in [0.29, 0.717) is 6.61 Å². The van der Waals surface area contributed by atoms with Crippen LogP contribution in [-0.4, -0.2) is 30.9 Å². The van der Waals surface area contributed by atoms with Gasteiger partial charge in [-0.05, 0) is 25.5 Å². The lowest BCUT2D eigenvalue weighted by Crippen LogP contribution is -2.15. The quantitative estimate of drug-likeness (QED) is 0.450. The average molecular weight is 336 g/mol. The van der Waals surface area contributed by atoms with Gasteiger partial charge in [0.25, 0.3) is 0 Å². The van der Waals surface area contributed by atoms with Crippen molar-refractivity contribution in [3.63, 3.8) is 0 Å². The first kappa shape index (κ1) is 17.7. The number of ether oxygens (including phenoxy) is 3. The topological polar surface area (TPSA) is 95.2 Å². The fourth-order valence-corrected chi connectivity index (χ4v) is 2.06. The van der Waals surface area contributed by atoms with E-state index in [0.717, 1.165) is 12.8 Å². The molecular formula is C17H20O7. The summed E-state index contributed by atoms with van der Waals surface area (Å²) in [5.74, 6) is -0.911. The zero-order chi connectivity index (χ0) is 17.5. The second-order valence-electron chi connectivity index (χ2n) is 5.00. The van der Waals surface area contributed by atoms with Crippen molar-refractivity contribution in [2.24, 2.45) is 0 Å². The van der Waals surface area contributed by atoms with Crippen molar-refractivity contribution in [1.29, 1.82) is 0 Å². The summed E-state index contributed by atoms with van der Waals surface area (Å²) in [6.45, 7) is 3.89. The molecule has 1 aromatic heterocycles. The number of esters is 1. The van der Waals surface area contributed by atoms with E-state index in [4.69, 9.17) is 18.6 Å². The minimum atomic E-state index is -0.803. The molecule has 2 aromatic rings. The molecule has 7 heteroatoms. The van der Waals surface area contributed by atoms with Crippen LogP contribution < -0.4 is 15.1 Å². The van der Waals surface area contributed by atoms with Crippen molar-refractivity contribution < 1.29 is 28.5 Å². The minimum Gasteiger partial charge on any atom is -0.504 e. The first-order chi connectivity index (χ1) is 11.6. The minimum absolute atomic E-state index is 0.0483. The standard InChI is InChI=1S/C17H20O7/c1-3-5-9-22-16-14(19)11-7-6-8-12(15(11)24-17(16)20)23-10-13(18)21-4-2/h6-8,19H,3-5,9-10H2,1-2H3. The number of benzene rings is 1. The maximum Gasteiger partial charge on any atom is 0.383 e. The van der Waals surface area contributed by atoms with E-state index in [1.165, 1.54) is 6.07 Å². The Kier molecular flexibility index (Phi) is 6.06. The first-order valence-corrected chi connectivity index (χ1v) is 7.78. The second-order valence-corrected chi connectivity index (χ2v) is 5.00. The molecular weight excluding hydrogens is 316 g/mol. The molecule has 0 saturated carbocycles. The molecule has 0 aliphatic heterocycles. The molecule has 0 fully saturated rings. The summed E-state index contributed by atoms with van der Waals surface area (Å²) in [4.78, 5) is 23.4. The lowest BCUT2D eigenvalue weighted by molar-refractivity contribution is -0.145. The third-order valence-corrected chi connectivity index (χ3v) is 3.22. The third-order valence-electron chi connectivity index (χ3n) is 3.22. The van der Waals surface area contributed by atoms with Gasteiger partial charge in [0.15, 0.2) is 23.7 Å². The highest BCUT2D eigenvalue weighted by atomic mass is 16.6. The highest BCUT2D eigenvalue weighted by Crippen LogP contribution is 2.35. The SMILES string of the molecule is CCCCOc1c(O)c2cccc(OCC(=O)OCC)c2oc1=O. The number of hydrogen-bond acceptors (Lipinski definition) is 7. The molecule has 1 heterocycles. The number of carbonyl (C=O) groups is 1. The number of aromatic hydroxyl groups is 1. The molecule has 1 N–H and O–H groups in total. The number of rotatable bonds is 8. The summed E-state index contributed by atoms with van der Waals surface area (Å²) in [7, 11) is 0. The van der Waals surface area contributed by atoms with E-state index in [1.807, 2.05) is 6.92 Å². The predicted molar refractivity (Wildman–Crippen MR) is 86.7 cm³/mol. The smallest absolute Gasteiger partial charge is 0.383 e. The molecule has 0 amide bonds. The maximum atomic E-state index is 12.0. The summed E-state index contributed by atoms with van der Waals surface area (Å²) in [5, 5.41) is 10.5. The molecule has 0 spiro atoms. The lowest BCUT2D eigenvalue weighted by Gasteiger charge is -2.11. The summed E-state index contributed by atoms with van der Waals surface area (Å²) >= 11 is 0. The van der Waals surface area contributed by atoms with Gasteiger partial charge in [-0.2, -0.15) is 0 Å². The van der Waals surface area contributed by atoms with Gasteiger partial charge >= 0.3 is 11.6 Å². The van der Waals surface area contributed by atoms with Crippen molar-refractivity contribution in [3.05, 3.63) is 28.6 Å². The van der Waals surface area contributed by atoms with Gasteiger partial charge in [0.05, 0.1) is 18.6 Å². The normalized spacial score (nSPS) is 10.6. The average Bonchev–Trinajstić information content (AvgIpc) is 2.56. The van der Waals surface area contributed by atoms with Crippen molar-refractivity contribution in [2.45, 2.75) is 26.7 Å². The summed E-state index contributed by atoms with van der Waals surface area (Å²) in [6, 6.07) is 4.71. The van der Waals surface area contributed by atoms with Crippen LogP contribution >= 0.6 is 0 Å². The molecule has 130 valence electrons. The molecule has 7 nitrogen and oxygen atoms in total. The largest absolute Gasteiger partial charge is 0.504 e. The molecule has 0 radical (unpaired) electrons. The third kappa shape index (κ3) is 3.98. The molecule has 0 saturated heterocycles. The van der Waals surface area contributed by atoms with Crippen LogP contribution in [0.5, 0.6) is 17.2 Å². The van der Waals surface area contributed by atoms with Gasteiger partial charge in [-0.25, -0.2) is 9.59 Å². The van der Waals surface area contributed by atoms with Crippen LogP contribution in [0.3, 0.4) is 0 Å². The molecule has 0 aliphatic carbocycles. The monoisotopic (exact) mass is 336 g/mol. The summed E-state index contributed by atoms with van der Waals surface area (Å²) < 4.78 is 20.6. The molecule has 1 aromatic carbocycles. The van der Waals surface area contributed by atoms with E-state index in [-0.39, 0.29) is 41.4 Å². The molecule has 0 bridgehead atoms. The molecule has 24 heavy (non-hydrogen) atoms. The lowest BCUT2D eigenvalue weighted by atomic mass is 10.2. The Bertz CT molecular complexity index is 763. The fourth-order valence-electron chi connectivity index (χ4n) is 2.06. The van der Waals surface area contributed by atoms with Crippen LogP contribution in [0.4, 0.5) is 0 Å². The van der Waals surface area contributed by atoms with Gasteiger partial charge in [0, 0.05) is 0 Å². The zero-order valence-electron chi connectivity index (χ0n) is 13.7. The number of carbonyl (C=O) groups excluding carboxylic acids is 1. The number of unbranched alkanes of at least 4 members (excludes halogenated alkanes) is 1. The fraction of sp³-hybridized carbons (Fsp3) is 0.412. The maximum absolute atomic E-state index is 12.0. The van der Waals surface area contributed by atoms with Crippen LogP contribution in [0.25, 0.3) is 11.0 Å². The summed E-state index contributed by atoms with van der Waals surface area (Å²) in [5.41, 5.74) is -0.754. The van der Waals surface area contributed by atoms with Crippen molar-refractivity contribution in [3.8, 4) is 17.2 Å². The van der Waals surface area contributed by atoms with Crippen LogP contribution in [-0.2, 0) is 9.53 Å². The Balaban J connectivity index is 2.32. The zero-order valence-corrected chi connectivity index (χ0v) is 13.7. The highest BCUT2D eigenvalue weighted by Gasteiger charge is 2.18. The van der Waals surface area contributed by atoms with Gasteiger partial charge < -0.3 is 23.7 Å². The van der Waals surface area contributed by atoms with Gasteiger partial charge in [0.1, 0.15) is 0 Å². The van der Waals surface area contributed by atoms with E-state index in [2.05, 4.69) is 0 Å². The van der Waals surface area contributed by atoms with Crippen molar-refractivity contribution >= 4 is 16.9 Å². The predicted octanol–water partition coefficient (Wildman–Crippen LogP) is 2.62. The molecule has 0 aliphatic rings. The van der Waals surface area contributed by atoms with Gasteiger partial charge in [-0.1, -0.05) is 19.4 Å². The molecule has 2 rings (SSSR count). The van der Waals surface area contributed by atoms with Gasteiger partial charge in [0.2, 0.25) is 5.75 Å². The Morgan fingerprint density at radius 3 is 2.75 bits per heavy atom. The van der Waals surface area contributed by atoms with Crippen molar-refractivity contribution in [1.82, 2.24) is 0 Å². The van der Waals surface area contributed by atoms with Gasteiger partial charge in [-0.3, -0.25) is 0 Å². The molecule has 0 unspecified atom stereocenters. The van der Waals surface area contributed by atoms with E-state index in [1.54, 1.807) is 19.1 Å². The van der Waals surface area contributed by atoms with Crippen LogP contribution in [0, 0.1) is 0 Å². The number of hydrogen-bond donors (Lipinski definition) is 1. The van der Waals surface area contributed by atoms with Crippen LogP contribution in [0.1, 0.15) is 26.7 Å². The Morgan fingerprint density at radius 2 is 2.04 bits per heavy atom. The van der Waals surface area contributed by atoms with E-state index >= 15 is 0 Å². The Hall–Kier alpha value is -2.70. The van der Waals surface area contributed by atoms with Gasteiger partial charge in [-0.15, -0.1) is 0 Å². The van der Waals surface area contributed by atoms with Crippen LogP contribution in [0.2, 0.25) is 0 Å². The first-order valence-electron chi connectivity index (χ1n) is 7.78. The summed E-state index contributed by atoms with van der Waals surface area (Å²) in [6.07, 6.45) is 1.64. The van der Waals surface area contributed by atoms with Crippen LogP contribution in [0.15, 0.2) is 27.4 Å². The second kappa shape index (κ2) is 8.24. The number of fused-ring (bicyclic) bond motifs is 1. The Morgan fingerprint density at radius 1 is 1.25 bits per heavy atom. The van der Waals surface area contributed by atoms with Crippen molar-refractivity contribution in [2.75, 3.05) is 19.8 Å². The van der Waals surface area contributed by atoms with E-state index in [9.17, 15) is 14.7 Å². The van der Waals surface area contributed by atoms with E-state index < -0.39 is 11.6 Å². The molecule has 0 atom stereocenters. The highest BCUT2D eigenvalue weighted by molar-refractivity contribution is 5.89.